The quantitative estimate of drug-likeness (QED) is 0.0917. The van der Waals surface area contributed by atoms with E-state index in [1.807, 2.05) is 6.08 Å². The molecule has 0 aliphatic rings. The molecular formula is C22H43O5P. The van der Waals surface area contributed by atoms with Crippen molar-refractivity contribution in [3.8, 4) is 0 Å². The van der Waals surface area contributed by atoms with Crippen molar-refractivity contribution in [2.45, 2.75) is 96.8 Å². The smallest absolute Gasteiger partial charge is 0.333 e. The van der Waals surface area contributed by atoms with Crippen LogP contribution in [0, 0.1) is 0 Å². The highest BCUT2D eigenvalue weighted by Gasteiger charge is 2.20. The zero-order valence-electron chi connectivity index (χ0n) is 18.5. The highest BCUT2D eigenvalue weighted by atomic mass is 31.2. The van der Waals surface area contributed by atoms with Crippen molar-refractivity contribution in [3.63, 3.8) is 0 Å². The van der Waals surface area contributed by atoms with Crippen molar-refractivity contribution in [3.05, 3.63) is 12.2 Å². The second kappa shape index (κ2) is 19.7. The fraction of sp³-hybridized carbons (Fsp3) is 0.864. The highest BCUT2D eigenvalue weighted by Crippen LogP contribution is 2.45. The van der Waals surface area contributed by atoms with E-state index in [2.05, 4.69) is 6.92 Å². The van der Waals surface area contributed by atoms with Crippen LogP contribution in [0.3, 0.4) is 0 Å². The van der Waals surface area contributed by atoms with Gasteiger partial charge in [0.25, 0.3) is 0 Å². The molecule has 0 saturated carbocycles. The van der Waals surface area contributed by atoms with Crippen LogP contribution in [0.5, 0.6) is 0 Å². The topological polar surface area (TPSA) is 61.8 Å². The molecule has 0 N–H and O–H groups in total. The van der Waals surface area contributed by atoms with Crippen LogP contribution < -0.4 is 0 Å². The highest BCUT2D eigenvalue weighted by molar-refractivity contribution is 7.53. The Morgan fingerprint density at radius 2 is 1.25 bits per heavy atom. The van der Waals surface area contributed by atoms with Crippen LogP contribution in [0.2, 0.25) is 0 Å². The summed E-state index contributed by atoms with van der Waals surface area (Å²) < 4.78 is 26.4. The minimum atomic E-state index is -3.10. The average molecular weight is 419 g/mol. The number of rotatable bonds is 20. The lowest BCUT2D eigenvalue weighted by molar-refractivity contribution is -0.137. The number of hydrogen-bond donors (Lipinski definition) is 0. The lowest BCUT2D eigenvalue weighted by Crippen LogP contribution is -2.07. The molecule has 0 aromatic carbocycles. The number of hydrogen-bond acceptors (Lipinski definition) is 5. The first-order chi connectivity index (χ1) is 13.6. The van der Waals surface area contributed by atoms with Gasteiger partial charge in [-0.05, 0) is 12.8 Å². The van der Waals surface area contributed by atoms with Crippen molar-refractivity contribution >= 4 is 13.6 Å². The Hall–Kier alpha value is -0.640. The molecule has 0 fully saturated rings. The number of esters is 1. The molecule has 0 aromatic rings. The molecule has 0 aliphatic carbocycles. The van der Waals surface area contributed by atoms with Crippen LogP contribution >= 0.6 is 7.60 Å². The van der Waals surface area contributed by atoms with Crippen LogP contribution in [0.25, 0.3) is 0 Å². The Labute approximate surface area is 173 Å². The Morgan fingerprint density at radius 3 is 1.71 bits per heavy atom. The second-order valence-electron chi connectivity index (χ2n) is 7.30. The van der Waals surface area contributed by atoms with Gasteiger partial charge in [0.2, 0.25) is 0 Å². The third-order valence-electron chi connectivity index (χ3n) is 4.89. The maximum Gasteiger partial charge on any atom is 0.333 e. The third-order valence-corrected chi connectivity index (χ3v) is 6.74. The fourth-order valence-corrected chi connectivity index (χ4v) is 3.85. The molecule has 166 valence electrons. The summed E-state index contributed by atoms with van der Waals surface area (Å²) in [6.07, 6.45) is 21.6. The monoisotopic (exact) mass is 418 g/mol. The van der Waals surface area contributed by atoms with E-state index >= 15 is 0 Å². The summed E-state index contributed by atoms with van der Waals surface area (Å²) in [4.78, 5) is 11.6. The molecule has 6 heteroatoms. The van der Waals surface area contributed by atoms with Gasteiger partial charge in [-0.3, -0.25) is 4.57 Å². The van der Waals surface area contributed by atoms with Gasteiger partial charge in [0.15, 0.2) is 0 Å². The number of unbranched alkanes of at least 4 members (excludes halogenated alkanes) is 13. The van der Waals surface area contributed by atoms with Gasteiger partial charge < -0.3 is 13.8 Å². The van der Waals surface area contributed by atoms with Gasteiger partial charge in [-0.1, -0.05) is 90.0 Å². The van der Waals surface area contributed by atoms with Crippen molar-refractivity contribution in [2.24, 2.45) is 0 Å². The molecule has 0 rings (SSSR count). The number of carbonyl (C=O) groups excluding carboxylic acids is 1. The second-order valence-corrected chi connectivity index (χ2v) is 9.70. The van der Waals surface area contributed by atoms with Gasteiger partial charge >= 0.3 is 13.6 Å². The summed E-state index contributed by atoms with van der Waals surface area (Å²) in [6, 6.07) is 0. The van der Waals surface area contributed by atoms with E-state index in [4.69, 9.17) is 13.8 Å². The van der Waals surface area contributed by atoms with Gasteiger partial charge in [0.1, 0.15) is 6.61 Å². The Bertz CT molecular complexity index is 429. The first-order valence-corrected chi connectivity index (χ1v) is 12.8. The lowest BCUT2D eigenvalue weighted by atomic mass is 10.0. The molecule has 0 aromatic heterocycles. The van der Waals surface area contributed by atoms with E-state index in [0.717, 1.165) is 12.8 Å². The predicted octanol–water partition coefficient (Wildman–Crippen LogP) is 7.05. The van der Waals surface area contributed by atoms with E-state index in [1.165, 1.54) is 97.3 Å². The van der Waals surface area contributed by atoms with Gasteiger partial charge in [-0.25, -0.2) is 4.79 Å². The van der Waals surface area contributed by atoms with Crippen molar-refractivity contribution in [2.75, 3.05) is 27.0 Å². The third kappa shape index (κ3) is 17.5. The van der Waals surface area contributed by atoms with Crippen LogP contribution in [-0.2, 0) is 23.1 Å². The maximum atomic E-state index is 11.8. The standard InChI is InChI=1S/C22H43O5P/c1-4-5-6-7-8-9-10-11-12-13-14-15-16-17-18-19-22(23)27-20-21-28(24,25-2)26-3/h18-19H,4-17,20-21H2,1-3H3. The molecule has 28 heavy (non-hydrogen) atoms. The average Bonchev–Trinajstić information content (AvgIpc) is 2.70. The molecule has 5 nitrogen and oxygen atoms in total. The minimum absolute atomic E-state index is 0.0286. The van der Waals surface area contributed by atoms with Crippen LogP contribution in [0.4, 0.5) is 0 Å². The van der Waals surface area contributed by atoms with Crippen molar-refractivity contribution in [1.82, 2.24) is 0 Å². The summed E-state index contributed by atoms with van der Waals surface area (Å²) in [5, 5.41) is 0. The molecule has 0 aliphatic heterocycles. The molecular weight excluding hydrogens is 375 g/mol. The zero-order chi connectivity index (χ0) is 20.9. The van der Waals surface area contributed by atoms with Crippen LogP contribution in [-0.4, -0.2) is 33.0 Å². The van der Waals surface area contributed by atoms with Gasteiger partial charge in [0.05, 0.1) is 6.16 Å². The largest absolute Gasteiger partial charge is 0.462 e. The molecule has 0 saturated heterocycles. The van der Waals surface area contributed by atoms with E-state index in [1.54, 1.807) is 0 Å². The maximum absolute atomic E-state index is 11.8. The predicted molar refractivity (Wildman–Crippen MR) is 117 cm³/mol. The first-order valence-electron chi connectivity index (χ1n) is 11.1. The van der Waals surface area contributed by atoms with Crippen molar-refractivity contribution < 1.29 is 23.1 Å². The van der Waals surface area contributed by atoms with Gasteiger partial charge in [0, 0.05) is 20.3 Å². The van der Waals surface area contributed by atoms with Crippen molar-refractivity contribution in [1.29, 1.82) is 0 Å². The summed E-state index contributed by atoms with van der Waals surface area (Å²) in [7, 11) is -0.460. The fourth-order valence-electron chi connectivity index (χ4n) is 3.02. The van der Waals surface area contributed by atoms with Gasteiger partial charge in [-0.15, -0.1) is 0 Å². The molecule has 0 unspecified atom stereocenters. The molecule has 0 amide bonds. The lowest BCUT2D eigenvalue weighted by Gasteiger charge is -2.12. The number of ether oxygens (including phenoxy) is 1. The molecule has 0 atom stereocenters. The van der Waals surface area contributed by atoms with E-state index in [9.17, 15) is 9.36 Å². The number of carbonyl (C=O) groups is 1. The molecule has 0 heterocycles. The Balaban J connectivity index is 3.39. The van der Waals surface area contributed by atoms with E-state index < -0.39 is 13.6 Å². The minimum Gasteiger partial charge on any atom is -0.462 e. The zero-order valence-corrected chi connectivity index (χ0v) is 19.4. The number of allylic oxidation sites excluding steroid dienone is 1. The summed E-state index contributed by atoms with van der Waals surface area (Å²) in [5.74, 6) is -0.409. The van der Waals surface area contributed by atoms with Gasteiger partial charge in [-0.2, -0.15) is 0 Å². The Morgan fingerprint density at radius 1 is 0.786 bits per heavy atom. The molecule has 0 spiro atoms. The van der Waals surface area contributed by atoms with Crippen LogP contribution in [0.15, 0.2) is 12.2 Å². The van der Waals surface area contributed by atoms with Crippen LogP contribution in [0.1, 0.15) is 96.8 Å². The molecule has 0 bridgehead atoms. The van der Waals surface area contributed by atoms with E-state index in [0.29, 0.717) is 0 Å². The summed E-state index contributed by atoms with van der Waals surface area (Å²) in [5.41, 5.74) is 0. The normalized spacial score (nSPS) is 12.0. The SMILES string of the molecule is CCCCCCCCCCCCCCCC=CC(=O)OCCP(=O)(OC)OC. The molecule has 0 radical (unpaired) electrons. The van der Waals surface area contributed by atoms with E-state index in [-0.39, 0.29) is 12.8 Å². The summed E-state index contributed by atoms with van der Waals surface area (Å²) in [6.45, 7) is 2.29. The summed E-state index contributed by atoms with van der Waals surface area (Å²) >= 11 is 0. The first kappa shape index (κ1) is 27.4. The Kier molecular flexibility index (Phi) is 19.2.